The lowest BCUT2D eigenvalue weighted by Crippen LogP contribution is -2.10. The van der Waals surface area contributed by atoms with Crippen LogP contribution >= 0.6 is 0 Å². The van der Waals surface area contributed by atoms with Crippen molar-refractivity contribution in [3.63, 3.8) is 0 Å². The van der Waals surface area contributed by atoms with Gasteiger partial charge in [0.25, 0.3) is 0 Å². The quantitative estimate of drug-likeness (QED) is 0.832. The predicted molar refractivity (Wildman–Crippen MR) is 72.8 cm³/mol. The molecule has 2 heteroatoms. The van der Waals surface area contributed by atoms with Crippen LogP contribution in [-0.2, 0) is 19.3 Å². The third-order valence-corrected chi connectivity index (χ3v) is 4.52. The van der Waals surface area contributed by atoms with Gasteiger partial charge in [0.2, 0.25) is 0 Å². The molecule has 0 atom stereocenters. The SMILES string of the molecule is OC1(Cc2ccc3[nH]c4c(c3c2)CCCC4)CC1. The number of aromatic amines is 1. The highest BCUT2D eigenvalue weighted by atomic mass is 16.3. The Hall–Kier alpha value is -1.28. The Kier molecular flexibility index (Phi) is 2.13. The Bertz CT molecular complexity index is 607. The lowest BCUT2D eigenvalue weighted by Gasteiger charge is -2.11. The maximum Gasteiger partial charge on any atom is 0.0690 e. The van der Waals surface area contributed by atoms with Crippen molar-refractivity contribution in [1.29, 1.82) is 0 Å². The molecule has 0 saturated heterocycles. The summed E-state index contributed by atoms with van der Waals surface area (Å²) in [7, 11) is 0. The van der Waals surface area contributed by atoms with Crippen LogP contribution in [0.3, 0.4) is 0 Å². The van der Waals surface area contributed by atoms with Gasteiger partial charge in [0.05, 0.1) is 5.60 Å². The maximum atomic E-state index is 10.0. The van der Waals surface area contributed by atoms with Gasteiger partial charge in [-0.25, -0.2) is 0 Å². The third-order valence-electron chi connectivity index (χ3n) is 4.52. The summed E-state index contributed by atoms with van der Waals surface area (Å²) in [5, 5.41) is 11.4. The van der Waals surface area contributed by atoms with Crippen molar-refractivity contribution < 1.29 is 5.11 Å². The van der Waals surface area contributed by atoms with Gasteiger partial charge in [-0.3, -0.25) is 0 Å². The zero-order valence-corrected chi connectivity index (χ0v) is 10.6. The standard InChI is InChI=1S/C16H19NO/c18-16(7-8-16)10-11-5-6-15-13(9-11)12-3-1-2-4-14(12)17-15/h5-6,9,17-18H,1-4,7-8,10H2. The Morgan fingerprint density at radius 1 is 1.17 bits per heavy atom. The maximum absolute atomic E-state index is 10.0. The van der Waals surface area contributed by atoms with Crippen molar-refractivity contribution >= 4 is 10.9 Å². The van der Waals surface area contributed by atoms with Crippen LogP contribution < -0.4 is 0 Å². The van der Waals surface area contributed by atoms with Gasteiger partial charge in [0.1, 0.15) is 0 Å². The van der Waals surface area contributed by atoms with Crippen LogP contribution in [0.15, 0.2) is 18.2 Å². The van der Waals surface area contributed by atoms with E-state index < -0.39 is 0 Å². The van der Waals surface area contributed by atoms with E-state index in [0.717, 1.165) is 19.3 Å². The molecule has 1 saturated carbocycles. The van der Waals surface area contributed by atoms with Crippen LogP contribution in [0, 0.1) is 0 Å². The van der Waals surface area contributed by atoms with Crippen molar-refractivity contribution in [2.45, 2.75) is 50.5 Å². The summed E-state index contributed by atoms with van der Waals surface area (Å²) in [6, 6.07) is 6.65. The summed E-state index contributed by atoms with van der Waals surface area (Å²) in [6.45, 7) is 0. The molecule has 1 aromatic carbocycles. The monoisotopic (exact) mass is 241 g/mol. The van der Waals surface area contributed by atoms with Crippen molar-refractivity contribution in [3.05, 3.63) is 35.0 Å². The van der Waals surface area contributed by atoms with Gasteiger partial charge < -0.3 is 10.1 Å². The van der Waals surface area contributed by atoms with E-state index in [4.69, 9.17) is 0 Å². The first kappa shape index (κ1) is 10.6. The number of aliphatic hydroxyl groups is 1. The lowest BCUT2D eigenvalue weighted by molar-refractivity contribution is 0.151. The number of nitrogens with one attached hydrogen (secondary N) is 1. The van der Waals surface area contributed by atoms with E-state index in [1.54, 1.807) is 0 Å². The average Bonchev–Trinajstić information content (AvgIpc) is 2.98. The summed E-state index contributed by atoms with van der Waals surface area (Å²) in [6.07, 6.45) is 7.79. The zero-order valence-electron chi connectivity index (χ0n) is 10.6. The van der Waals surface area contributed by atoms with Gasteiger partial charge in [-0.05, 0) is 61.8 Å². The van der Waals surface area contributed by atoms with Crippen LogP contribution in [0.1, 0.15) is 42.5 Å². The number of aryl methyl sites for hydroxylation is 2. The molecule has 2 N–H and O–H groups in total. The van der Waals surface area contributed by atoms with Crippen molar-refractivity contribution in [1.82, 2.24) is 4.98 Å². The smallest absolute Gasteiger partial charge is 0.0690 e. The van der Waals surface area contributed by atoms with E-state index in [1.165, 1.54) is 53.4 Å². The van der Waals surface area contributed by atoms with Gasteiger partial charge >= 0.3 is 0 Å². The van der Waals surface area contributed by atoms with Crippen LogP contribution in [0.4, 0.5) is 0 Å². The molecule has 0 unspecified atom stereocenters. The van der Waals surface area contributed by atoms with Gasteiger partial charge in [-0.1, -0.05) is 6.07 Å². The molecule has 1 fully saturated rings. The van der Waals surface area contributed by atoms with E-state index in [2.05, 4.69) is 23.2 Å². The minimum absolute atomic E-state index is 0.385. The molecule has 0 bridgehead atoms. The van der Waals surface area contributed by atoms with E-state index >= 15 is 0 Å². The average molecular weight is 241 g/mol. The Morgan fingerprint density at radius 2 is 2.00 bits per heavy atom. The molecule has 1 aromatic heterocycles. The molecular formula is C16H19NO. The number of benzene rings is 1. The minimum Gasteiger partial charge on any atom is -0.390 e. The highest BCUT2D eigenvalue weighted by molar-refractivity contribution is 5.85. The van der Waals surface area contributed by atoms with Crippen LogP contribution in [0.5, 0.6) is 0 Å². The third kappa shape index (κ3) is 1.67. The molecule has 4 rings (SSSR count). The van der Waals surface area contributed by atoms with Crippen molar-refractivity contribution in [2.75, 3.05) is 0 Å². The highest BCUT2D eigenvalue weighted by Gasteiger charge is 2.40. The molecule has 2 aliphatic rings. The van der Waals surface area contributed by atoms with Gasteiger partial charge in [-0.2, -0.15) is 0 Å². The zero-order chi connectivity index (χ0) is 12.2. The van der Waals surface area contributed by atoms with E-state index in [-0.39, 0.29) is 5.60 Å². The molecule has 18 heavy (non-hydrogen) atoms. The van der Waals surface area contributed by atoms with Crippen LogP contribution in [-0.4, -0.2) is 15.7 Å². The van der Waals surface area contributed by atoms with Crippen molar-refractivity contribution in [3.8, 4) is 0 Å². The number of fused-ring (bicyclic) bond motifs is 3. The summed E-state index contributed by atoms with van der Waals surface area (Å²) < 4.78 is 0. The normalized spacial score (nSPS) is 20.9. The molecule has 94 valence electrons. The lowest BCUT2D eigenvalue weighted by atomic mass is 9.94. The summed E-state index contributed by atoms with van der Waals surface area (Å²) in [4.78, 5) is 3.56. The Morgan fingerprint density at radius 3 is 2.83 bits per heavy atom. The molecule has 0 spiro atoms. The number of hydrogen-bond acceptors (Lipinski definition) is 1. The summed E-state index contributed by atoms with van der Waals surface area (Å²) in [5.41, 5.74) is 5.15. The van der Waals surface area contributed by atoms with E-state index in [9.17, 15) is 5.11 Å². The fraction of sp³-hybridized carbons (Fsp3) is 0.500. The predicted octanol–water partition coefficient (Wildman–Crippen LogP) is 3.11. The molecule has 0 amide bonds. The van der Waals surface area contributed by atoms with Gasteiger partial charge in [0.15, 0.2) is 0 Å². The minimum atomic E-state index is -0.385. The first-order valence-corrected chi connectivity index (χ1v) is 7.08. The second-order valence-electron chi connectivity index (χ2n) is 6.07. The van der Waals surface area contributed by atoms with E-state index in [0.29, 0.717) is 0 Å². The first-order valence-electron chi connectivity index (χ1n) is 7.08. The number of rotatable bonds is 2. The highest BCUT2D eigenvalue weighted by Crippen LogP contribution is 2.39. The number of H-pyrrole nitrogens is 1. The van der Waals surface area contributed by atoms with Crippen LogP contribution in [0.25, 0.3) is 10.9 Å². The molecule has 2 aliphatic carbocycles. The van der Waals surface area contributed by atoms with Gasteiger partial charge in [-0.15, -0.1) is 0 Å². The van der Waals surface area contributed by atoms with Crippen molar-refractivity contribution in [2.24, 2.45) is 0 Å². The number of aromatic nitrogens is 1. The molecule has 2 aromatic rings. The van der Waals surface area contributed by atoms with Crippen LogP contribution in [0.2, 0.25) is 0 Å². The molecular weight excluding hydrogens is 222 g/mol. The number of hydrogen-bond donors (Lipinski definition) is 2. The fourth-order valence-electron chi connectivity index (χ4n) is 3.26. The Labute approximate surface area is 107 Å². The topological polar surface area (TPSA) is 36.0 Å². The summed E-state index contributed by atoms with van der Waals surface area (Å²) in [5.74, 6) is 0. The second-order valence-corrected chi connectivity index (χ2v) is 6.07. The largest absolute Gasteiger partial charge is 0.390 e. The second kappa shape index (κ2) is 3.61. The molecule has 2 nitrogen and oxygen atoms in total. The van der Waals surface area contributed by atoms with Gasteiger partial charge in [0, 0.05) is 23.0 Å². The Balaban J connectivity index is 1.78. The van der Waals surface area contributed by atoms with E-state index in [1.807, 2.05) is 0 Å². The molecule has 0 aliphatic heterocycles. The molecule has 1 heterocycles. The first-order chi connectivity index (χ1) is 8.73. The molecule has 0 radical (unpaired) electrons. The fourth-order valence-corrected chi connectivity index (χ4v) is 3.26. The summed E-state index contributed by atoms with van der Waals surface area (Å²) >= 11 is 0.